The molecule has 0 unspecified atom stereocenters. The summed E-state index contributed by atoms with van der Waals surface area (Å²) in [7, 11) is -3.59. The number of piperidine rings is 1. The van der Waals surface area contributed by atoms with Crippen LogP contribution in [0.5, 0.6) is 17.2 Å². The molecule has 0 aromatic heterocycles. The van der Waals surface area contributed by atoms with E-state index in [1.54, 1.807) is 24.3 Å². The van der Waals surface area contributed by atoms with Gasteiger partial charge in [0, 0.05) is 19.0 Å². The molecular formula is C29H34N2O5S. The molecule has 1 N–H and O–H groups in total. The number of para-hydroxylation sites is 2. The van der Waals surface area contributed by atoms with Crippen molar-refractivity contribution in [2.24, 2.45) is 5.92 Å². The third kappa shape index (κ3) is 6.50. The number of ether oxygens (including phenoxy) is 2. The molecule has 0 bridgehead atoms. The number of amides is 1. The Kier molecular flexibility index (Phi) is 8.51. The average Bonchev–Trinajstić information content (AvgIpc) is 2.91. The number of sulfonamides is 1. The molecule has 1 aliphatic heterocycles. The molecule has 1 heterocycles. The van der Waals surface area contributed by atoms with Gasteiger partial charge in [-0.2, -0.15) is 4.31 Å². The van der Waals surface area contributed by atoms with Crippen molar-refractivity contribution >= 4 is 21.6 Å². The standard InChI is InChI=1S/C29H34N2O5S/c1-4-35-24-11-13-25(14-12-24)36-28-8-6-5-7-27(28)30-29(32)23-17-19-31(20-18-23)37(33,34)26-15-9-22(10-16-26)21(2)3/h5-16,21,23H,4,17-20H2,1-3H3,(H,30,32). The van der Waals surface area contributed by atoms with Crippen molar-refractivity contribution in [3.63, 3.8) is 0 Å². The van der Waals surface area contributed by atoms with E-state index >= 15 is 0 Å². The van der Waals surface area contributed by atoms with Crippen LogP contribution in [0.3, 0.4) is 0 Å². The Morgan fingerprint density at radius 2 is 1.57 bits per heavy atom. The molecule has 7 nitrogen and oxygen atoms in total. The molecule has 0 saturated carbocycles. The highest BCUT2D eigenvalue weighted by molar-refractivity contribution is 7.89. The highest BCUT2D eigenvalue weighted by atomic mass is 32.2. The molecule has 0 spiro atoms. The maximum absolute atomic E-state index is 13.1. The van der Waals surface area contributed by atoms with Crippen molar-refractivity contribution < 1.29 is 22.7 Å². The Morgan fingerprint density at radius 1 is 0.946 bits per heavy atom. The van der Waals surface area contributed by atoms with E-state index in [1.165, 1.54) is 4.31 Å². The first-order chi connectivity index (χ1) is 17.8. The van der Waals surface area contributed by atoms with Crippen LogP contribution in [0.25, 0.3) is 0 Å². The summed E-state index contributed by atoms with van der Waals surface area (Å²) in [5, 5.41) is 2.98. The summed E-state index contributed by atoms with van der Waals surface area (Å²) in [5.74, 6) is 1.84. The lowest BCUT2D eigenvalue weighted by atomic mass is 9.97. The zero-order valence-electron chi connectivity index (χ0n) is 21.5. The molecular weight excluding hydrogens is 488 g/mol. The zero-order chi connectivity index (χ0) is 26.4. The van der Waals surface area contributed by atoms with Crippen LogP contribution in [-0.2, 0) is 14.8 Å². The van der Waals surface area contributed by atoms with E-state index in [2.05, 4.69) is 19.2 Å². The Bertz CT molecular complexity index is 1300. The maximum atomic E-state index is 13.1. The molecule has 0 aliphatic carbocycles. The second-order valence-electron chi connectivity index (χ2n) is 9.39. The van der Waals surface area contributed by atoms with Crippen molar-refractivity contribution in [2.45, 2.75) is 44.4 Å². The second kappa shape index (κ2) is 11.8. The van der Waals surface area contributed by atoms with E-state index in [0.29, 0.717) is 60.5 Å². The Balaban J connectivity index is 1.36. The monoisotopic (exact) mass is 522 g/mol. The number of benzene rings is 3. The van der Waals surface area contributed by atoms with Crippen LogP contribution < -0.4 is 14.8 Å². The molecule has 4 rings (SSSR count). The normalized spacial score (nSPS) is 14.9. The number of carbonyl (C=O) groups is 1. The molecule has 1 saturated heterocycles. The van der Waals surface area contributed by atoms with Crippen molar-refractivity contribution in [3.05, 3.63) is 78.4 Å². The number of rotatable bonds is 9. The van der Waals surface area contributed by atoms with Gasteiger partial charge in [0.15, 0.2) is 5.75 Å². The first-order valence-corrected chi connectivity index (χ1v) is 14.1. The van der Waals surface area contributed by atoms with Crippen LogP contribution in [-0.4, -0.2) is 38.3 Å². The fourth-order valence-electron chi connectivity index (χ4n) is 4.32. The van der Waals surface area contributed by atoms with Gasteiger partial charge in [-0.15, -0.1) is 0 Å². The van der Waals surface area contributed by atoms with E-state index in [0.717, 1.165) is 11.3 Å². The molecule has 0 radical (unpaired) electrons. The van der Waals surface area contributed by atoms with Crippen molar-refractivity contribution in [1.29, 1.82) is 0 Å². The number of carbonyl (C=O) groups excluding carboxylic acids is 1. The summed E-state index contributed by atoms with van der Waals surface area (Å²) in [6.07, 6.45) is 0.911. The summed E-state index contributed by atoms with van der Waals surface area (Å²) < 4.78 is 39.2. The summed E-state index contributed by atoms with van der Waals surface area (Å²) in [4.78, 5) is 13.4. The fraction of sp³-hybridized carbons (Fsp3) is 0.345. The van der Waals surface area contributed by atoms with Crippen LogP contribution >= 0.6 is 0 Å². The minimum atomic E-state index is -3.59. The Hall–Kier alpha value is -3.36. The average molecular weight is 523 g/mol. The second-order valence-corrected chi connectivity index (χ2v) is 11.3. The van der Waals surface area contributed by atoms with E-state index in [1.807, 2.05) is 55.5 Å². The van der Waals surface area contributed by atoms with E-state index < -0.39 is 10.0 Å². The third-order valence-electron chi connectivity index (χ3n) is 6.52. The number of hydrogen-bond acceptors (Lipinski definition) is 5. The van der Waals surface area contributed by atoms with Crippen LogP contribution in [0.1, 0.15) is 45.1 Å². The largest absolute Gasteiger partial charge is 0.494 e. The molecule has 1 fully saturated rings. The van der Waals surface area contributed by atoms with Crippen molar-refractivity contribution in [1.82, 2.24) is 4.31 Å². The lowest BCUT2D eigenvalue weighted by molar-refractivity contribution is -0.120. The van der Waals surface area contributed by atoms with Gasteiger partial charge in [-0.1, -0.05) is 38.1 Å². The van der Waals surface area contributed by atoms with E-state index in [9.17, 15) is 13.2 Å². The number of nitrogens with zero attached hydrogens (tertiary/aromatic N) is 1. The first kappa shape index (κ1) is 26.7. The van der Waals surface area contributed by atoms with Gasteiger partial charge >= 0.3 is 0 Å². The fourth-order valence-corrected chi connectivity index (χ4v) is 5.79. The molecule has 1 aliphatic rings. The predicted octanol–water partition coefficient (Wildman–Crippen LogP) is 6.04. The first-order valence-electron chi connectivity index (χ1n) is 12.7. The van der Waals surface area contributed by atoms with Crippen LogP contribution in [0.2, 0.25) is 0 Å². The van der Waals surface area contributed by atoms with Crippen LogP contribution in [0.15, 0.2) is 77.7 Å². The predicted molar refractivity (Wildman–Crippen MR) is 145 cm³/mol. The SMILES string of the molecule is CCOc1ccc(Oc2ccccc2NC(=O)C2CCN(S(=O)(=O)c3ccc(C(C)C)cc3)CC2)cc1. The Morgan fingerprint density at radius 3 is 2.19 bits per heavy atom. The number of anilines is 1. The molecule has 3 aromatic rings. The summed E-state index contributed by atoms with van der Waals surface area (Å²) in [6.45, 7) is 7.27. The van der Waals surface area contributed by atoms with E-state index in [-0.39, 0.29) is 11.8 Å². The maximum Gasteiger partial charge on any atom is 0.243 e. The summed E-state index contributed by atoms with van der Waals surface area (Å²) >= 11 is 0. The van der Waals surface area contributed by atoms with Gasteiger partial charge < -0.3 is 14.8 Å². The minimum Gasteiger partial charge on any atom is -0.494 e. The lowest BCUT2D eigenvalue weighted by Crippen LogP contribution is -2.41. The molecule has 37 heavy (non-hydrogen) atoms. The quantitative estimate of drug-likeness (QED) is 0.370. The van der Waals surface area contributed by atoms with Gasteiger partial charge in [-0.05, 0) is 79.8 Å². The molecule has 0 atom stereocenters. The van der Waals surface area contributed by atoms with Crippen molar-refractivity contribution in [3.8, 4) is 17.2 Å². The third-order valence-corrected chi connectivity index (χ3v) is 8.43. The molecule has 8 heteroatoms. The summed E-state index contributed by atoms with van der Waals surface area (Å²) in [6, 6.07) is 21.6. The number of hydrogen-bond donors (Lipinski definition) is 1. The topological polar surface area (TPSA) is 84.9 Å². The zero-order valence-corrected chi connectivity index (χ0v) is 22.3. The highest BCUT2D eigenvalue weighted by Gasteiger charge is 2.32. The van der Waals surface area contributed by atoms with Crippen LogP contribution in [0.4, 0.5) is 5.69 Å². The molecule has 196 valence electrons. The summed E-state index contributed by atoms with van der Waals surface area (Å²) in [5.41, 5.74) is 1.67. The number of nitrogens with one attached hydrogen (secondary N) is 1. The Labute approximate surface area is 219 Å². The van der Waals surface area contributed by atoms with Gasteiger partial charge in [-0.3, -0.25) is 4.79 Å². The van der Waals surface area contributed by atoms with Gasteiger partial charge in [0.1, 0.15) is 11.5 Å². The van der Waals surface area contributed by atoms with Gasteiger partial charge in [0.05, 0.1) is 17.2 Å². The smallest absolute Gasteiger partial charge is 0.243 e. The lowest BCUT2D eigenvalue weighted by Gasteiger charge is -2.30. The minimum absolute atomic E-state index is 0.138. The highest BCUT2D eigenvalue weighted by Crippen LogP contribution is 2.32. The van der Waals surface area contributed by atoms with Crippen LogP contribution in [0, 0.1) is 5.92 Å². The van der Waals surface area contributed by atoms with Gasteiger partial charge in [-0.25, -0.2) is 8.42 Å². The molecule has 3 aromatic carbocycles. The van der Waals surface area contributed by atoms with E-state index in [4.69, 9.17) is 9.47 Å². The molecule has 1 amide bonds. The van der Waals surface area contributed by atoms with Crippen molar-refractivity contribution in [2.75, 3.05) is 25.0 Å². The van der Waals surface area contributed by atoms with Gasteiger partial charge in [0.25, 0.3) is 0 Å². The van der Waals surface area contributed by atoms with Gasteiger partial charge in [0.2, 0.25) is 15.9 Å².